The summed E-state index contributed by atoms with van der Waals surface area (Å²) in [5, 5.41) is 2.12. The van der Waals surface area contributed by atoms with E-state index in [2.05, 4.69) is 36.4 Å². The molecule has 1 rings (SSSR count). The van der Waals surface area contributed by atoms with Crippen LogP contribution < -0.4 is 0 Å². The van der Waals surface area contributed by atoms with E-state index in [1.807, 2.05) is 11.3 Å². The highest BCUT2D eigenvalue weighted by Gasteiger charge is 2.11. The van der Waals surface area contributed by atoms with Gasteiger partial charge >= 0.3 is 0 Å². The van der Waals surface area contributed by atoms with E-state index in [9.17, 15) is 4.79 Å². The van der Waals surface area contributed by atoms with Crippen LogP contribution in [0.1, 0.15) is 44.0 Å². The van der Waals surface area contributed by atoms with Gasteiger partial charge in [0.2, 0.25) is 0 Å². The summed E-state index contributed by atoms with van der Waals surface area (Å²) in [4.78, 5) is 14.6. The number of hydrogen-bond donors (Lipinski definition) is 0. The second-order valence-electron chi connectivity index (χ2n) is 4.33. The highest BCUT2D eigenvalue weighted by atomic mass is 32.1. The van der Waals surface area contributed by atoms with Crippen LogP contribution in [0.3, 0.4) is 0 Å². The number of ketones is 1. The van der Waals surface area contributed by atoms with E-state index in [0.717, 1.165) is 25.8 Å². The number of carbonyl (C=O) groups excluding carboxylic acids is 1. The van der Waals surface area contributed by atoms with E-state index in [1.54, 1.807) is 6.92 Å². The smallest absolute Gasteiger partial charge is 0.129 e. The van der Waals surface area contributed by atoms with Gasteiger partial charge in [0.15, 0.2) is 0 Å². The molecular formula is C13H21NOS. The van der Waals surface area contributed by atoms with Crippen LogP contribution >= 0.6 is 11.3 Å². The zero-order valence-corrected chi connectivity index (χ0v) is 11.2. The van der Waals surface area contributed by atoms with Gasteiger partial charge in [-0.05, 0) is 51.7 Å². The molecule has 0 aromatic carbocycles. The summed E-state index contributed by atoms with van der Waals surface area (Å²) in [6, 6.07) is 4.76. The monoisotopic (exact) mass is 239 g/mol. The Kier molecular flexibility index (Phi) is 5.71. The van der Waals surface area contributed by atoms with Crippen molar-refractivity contribution in [3.8, 4) is 0 Å². The van der Waals surface area contributed by atoms with Crippen LogP contribution in [0.2, 0.25) is 0 Å². The summed E-state index contributed by atoms with van der Waals surface area (Å²) in [6.07, 6.45) is 2.84. The van der Waals surface area contributed by atoms with Gasteiger partial charge < -0.3 is 4.79 Å². The minimum absolute atomic E-state index is 0.300. The number of hydrogen-bond acceptors (Lipinski definition) is 3. The van der Waals surface area contributed by atoms with Gasteiger partial charge in [0, 0.05) is 17.3 Å². The molecule has 1 unspecified atom stereocenters. The van der Waals surface area contributed by atoms with E-state index < -0.39 is 0 Å². The molecule has 1 atom stereocenters. The molecule has 0 fully saturated rings. The highest BCUT2D eigenvalue weighted by molar-refractivity contribution is 7.10. The van der Waals surface area contributed by atoms with E-state index in [1.165, 1.54) is 4.88 Å². The van der Waals surface area contributed by atoms with Gasteiger partial charge in [-0.3, -0.25) is 4.90 Å². The van der Waals surface area contributed by atoms with Crippen molar-refractivity contribution in [2.45, 2.75) is 39.2 Å². The molecule has 90 valence electrons. The minimum atomic E-state index is 0.300. The average molecular weight is 239 g/mol. The summed E-state index contributed by atoms with van der Waals surface area (Å²) in [6.45, 7) is 4.96. The molecule has 0 aliphatic heterocycles. The van der Waals surface area contributed by atoms with E-state index in [0.29, 0.717) is 11.8 Å². The van der Waals surface area contributed by atoms with E-state index >= 15 is 0 Å². The van der Waals surface area contributed by atoms with E-state index in [4.69, 9.17) is 0 Å². The Morgan fingerprint density at radius 1 is 1.50 bits per heavy atom. The fraction of sp³-hybridized carbons (Fsp3) is 0.615. The maximum atomic E-state index is 10.8. The quantitative estimate of drug-likeness (QED) is 0.679. The fourth-order valence-electron chi connectivity index (χ4n) is 1.67. The van der Waals surface area contributed by atoms with E-state index in [-0.39, 0.29) is 0 Å². The van der Waals surface area contributed by atoms with Crippen molar-refractivity contribution < 1.29 is 4.79 Å². The highest BCUT2D eigenvalue weighted by Crippen LogP contribution is 2.23. The van der Waals surface area contributed by atoms with Crippen molar-refractivity contribution in [3.63, 3.8) is 0 Å². The van der Waals surface area contributed by atoms with Gasteiger partial charge in [-0.2, -0.15) is 0 Å². The Bertz CT molecular complexity index is 308. The van der Waals surface area contributed by atoms with Crippen molar-refractivity contribution in [1.82, 2.24) is 4.90 Å². The lowest BCUT2D eigenvalue weighted by Gasteiger charge is -2.23. The molecule has 0 bridgehead atoms. The van der Waals surface area contributed by atoms with Gasteiger partial charge in [0.05, 0.1) is 0 Å². The summed E-state index contributed by atoms with van der Waals surface area (Å²) >= 11 is 1.81. The number of thiophene rings is 1. The van der Waals surface area contributed by atoms with Gasteiger partial charge in [-0.1, -0.05) is 6.07 Å². The molecule has 0 saturated carbocycles. The molecule has 3 heteroatoms. The normalized spacial score (nSPS) is 13.0. The molecule has 1 aromatic rings. The Labute approximate surface area is 102 Å². The number of nitrogens with zero attached hydrogens (tertiary/aromatic N) is 1. The maximum absolute atomic E-state index is 10.8. The third-order valence-corrected chi connectivity index (χ3v) is 3.95. The van der Waals surface area contributed by atoms with Crippen molar-refractivity contribution in [1.29, 1.82) is 0 Å². The topological polar surface area (TPSA) is 20.3 Å². The standard InChI is InChI=1S/C13H21NOS/c1-11(15)7-4-5-9-14(3)12(2)13-8-6-10-16-13/h6,8,10,12H,4-5,7,9H2,1-3H3. The molecule has 2 nitrogen and oxygen atoms in total. The second-order valence-corrected chi connectivity index (χ2v) is 5.31. The minimum Gasteiger partial charge on any atom is -0.300 e. The zero-order chi connectivity index (χ0) is 12.0. The summed E-state index contributed by atoms with van der Waals surface area (Å²) in [5.41, 5.74) is 0. The molecule has 16 heavy (non-hydrogen) atoms. The fourth-order valence-corrected chi connectivity index (χ4v) is 2.52. The first-order valence-electron chi connectivity index (χ1n) is 5.84. The van der Waals surface area contributed by atoms with Crippen molar-refractivity contribution in [2.75, 3.05) is 13.6 Å². The van der Waals surface area contributed by atoms with Crippen LogP contribution in [0.4, 0.5) is 0 Å². The summed E-state index contributed by atoms with van der Waals surface area (Å²) in [5.74, 6) is 0.300. The molecule has 0 aliphatic carbocycles. The predicted molar refractivity (Wildman–Crippen MR) is 69.9 cm³/mol. The molecule has 0 aliphatic rings. The zero-order valence-electron chi connectivity index (χ0n) is 10.4. The lowest BCUT2D eigenvalue weighted by molar-refractivity contribution is -0.117. The first-order valence-corrected chi connectivity index (χ1v) is 6.72. The maximum Gasteiger partial charge on any atom is 0.129 e. The third kappa shape index (κ3) is 4.45. The molecule has 0 spiro atoms. The summed E-state index contributed by atoms with van der Waals surface area (Å²) in [7, 11) is 2.15. The summed E-state index contributed by atoms with van der Waals surface area (Å²) < 4.78 is 0. The van der Waals surface area contributed by atoms with Crippen LogP contribution in [0, 0.1) is 0 Å². The molecule has 1 heterocycles. The third-order valence-electron chi connectivity index (χ3n) is 2.91. The van der Waals surface area contributed by atoms with Crippen LogP contribution in [-0.4, -0.2) is 24.3 Å². The Morgan fingerprint density at radius 2 is 2.25 bits per heavy atom. The lowest BCUT2D eigenvalue weighted by atomic mass is 10.1. The van der Waals surface area contributed by atoms with Gasteiger partial charge in [-0.15, -0.1) is 11.3 Å². The number of rotatable bonds is 7. The molecule has 0 amide bonds. The predicted octanol–water partition coefficient (Wildman–Crippen LogP) is 3.50. The largest absolute Gasteiger partial charge is 0.300 e. The van der Waals surface area contributed by atoms with Gasteiger partial charge in [0.25, 0.3) is 0 Å². The Balaban J connectivity index is 2.24. The molecule has 0 radical (unpaired) electrons. The number of Topliss-reactive ketones (excluding diaryl/α,β-unsaturated/α-hetero) is 1. The first-order chi connectivity index (χ1) is 7.61. The Hall–Kier alpha value is -0.670. The molecule has 1 aromatic heterocycles. The number of unbranched alkanes of at least 4 members (excludes halogenated alkanes) is 1. The van der Waals surface area contributed by atoms with Crippen molar-refractivity contribution in [3.05, 3.63) is 22.4 Å². The van der Waals surface area contributed by atoms with Gasteiger partial charge in [-0.25, -0.2) is 0 Å². The van der Waals surface area contributed by atoms with Crippen LogP contribution in [0.15, 0.2) is 17.5 Å². The molecular weight excluding hydrogens is 218 g/mol. The SMILES string of the molecule is CC(=O)CCCCN(C)C(C)c1cccs1. The van der Waals surface area contributed by atoms with Crippen molar-refractivity contribution in [2.24, 2.45) is 0 Å². The Morgan fingerprint density at radius 3 is 2.81 bits per heavy atom. The van der Waals surface area contributed by atoms with Gasteiger partial charge in [0.1, 0.15) is 5.78 Å². The van der Waals surface area contributed by atoms with Crippen LogP contribution in [-0.2, 0) is 4.79 Å². The molecule has 0 saturated heterocycles. The second kappa shape index (κ2) is 6.81. The molecule has 0 N–H and O–H groups in total. The number of carbonyl (C=O) groups is 1. The van der Waals surface area contributed by atoms with Crippen LogP contribution in [0.25, 0.3) is 0 Å². The van der Waals surface area contributed by atoms with Crippen LogP contribution in [0.5, 0.6) is 0 Å². The first kappa shape index (κ1) is 13.4. The average Bonchev–Trinajstić information content (AvgIpc) is 2.76. The lowest BCUT2D eigenvalue weighted by Crippen LogP contribution is -2.22. The van der Waals surface area contributed by atoms with Crippen molar-refractivity contribution >= 4 is 17.1 Å².